The summed E-state index contributed by atoms with van der Waals surface area (Å²) < 4.78 is 1.89. The van der Waals surface area contributed by atoms with Crippen molar-refractivity contribution in [1.82, 2.24) is 9.47 Å². The molecule has 0 amide bonds. The summed E-state index contributed by atoms with van der Waals surface area (Å²) >= 11 is 0. The zero-order valence-corrected chi connectivity index (χ0v) is 13.9. The summed E-state index contributed by atoms with van der Waals surface area (Å²) in [6.07, 6.45) is 5.88. The van der Waals surface area contributed by atoms with Gasteiger partial charge in [0, 0.05) is 31.9 Å². The number of hydrogen-bond donors (Lipinski definition) is 1. The number of nitrogens with zero attached hydrogens (tertiary/aromatic N) is 2. The first-order valence-electron chi connectivity index (χ1n) is 8.48. The van der Waals surface area contributed by atoms with E-state index in [-0.39, 0.29) is 5.78 Å². The van der Waals surface area contributed by atoms with Crippen LogP contribution in [0.15, 0.2) is 42.6 Å². The van der Waals surface area contributed by atoms with E-state index in [1.54, 1.807) is 0 Å². The lowest BCUT2D eigenvalue weighted by molar-refractivity contribution is -0.0203. The number of carbonyl (C=O) groups excluding carboxylic acids is 1. The van der Waals surface area contributed by atoms with E-state index in [0.29, 0.717) is 6.42 Å². The van der Waals surface area contributed by atoms with Gasteiger partial charge >= 0.3 is 0 Å². The lowest BCUT2D eigenvalue weighted by Crippen LogP contribution is -2.40. The average Bonchev–Trinajstić information content (AvgIpc) is 3.07. The molecule has 0 atom stereocenters. The van der Waals surface area contributed by atoms with Gasteiger partial charge in [0.05, 0.1) is 11.3 Å². The lowest BCUT2D eigenvalue weighted by Gasteiger charge is -2.37. The third-order valence-corrected chi connectivity index (χ3v) is 5.32. The summed E-state index contributed by atoms with van der Waals surface area (Å²) in [5.41, 5.74) is 3.06. The highest BCUT2D eigenvalue weighted by molar-refractivity contribution is 6.06. The van der Waals surface area contributed by atoms with Crippen molar-refractivity contribution in [1.29, 1.82) is 0 Å². The molecule has 0 aliphatic carbocycles. The summed E-state index contributed by atoms with van der Waals surface area (Å²) in [7, 11) is 2.09. The number of allylic oxidation sites excluding steroid dienone is 1. The van der Waals surface area contributed by atoms with Crippen LogP contribution in [0.5, 0.6) is 0 Å². The molecule has 1 N–H and O–H groups in total. The molecule has 4 nitrogen and oxygen atoms in total. The minimum Gasteiger partial charge on any atom is -0.385 e. The summed E-state index contributed by atoms with van der Waals surface area (Å²) in [5.74, 6) is 0.149. The molecule has 0 unspecified atom stereocenters. The molecule has 2 aliphatic rings. The van der Waals surface area contributed by atoms with Crippen molar-refractivity contribution in [2.45, 2.75) is 24.9 Å². The van der Waals surface area contributed by atoms with Crippen LogP contribution in [0, 0.1) is 0 Å². The van der Waals surface area contributed by atoms with Gasteiger partial charge in [0.15, 0.2) is 5.78 Å². The third kappa shape index (κ3) is 2.62. The highest BCUT2D eigenvalue weighted by atomic mass is 16.3. The molecule has 24 heavy (non-hydrogen) atoms. The number of rotatable bonds is 2. The quantitative estimate of drug-likeness (QED) is 0.924. The van der Waals surface area contributed by atoms with Crippen LogP contribution in [0.25, 0.3) is 11.8 Å². The number of hydrogen-bond acceptors (Lipinski definition) is 3. The molecule has 0 bridgehead atoms. The Hall–Kier alpha value is -2.17. The zero-order chi connectivity index (χ0) is 16.7. The molecular weight excluding hydrogens is 300 g/mol. The second kappa shape index (κ2) is 5.72. The molecule has 124 valence electrons. The fraction of sp³-hybridized carbons (Fsp3) is 0.350. The van der Waals surface area contributed by atoms with Crippen LogP contribution in [-0.2, 0) is 5.60 Å². The van der Waals surface area contributed by atoms with Gasteiger partial charge in [-0.1, -0.05) is 24.3 Å². The largest absolute Gasteiger partial charge is 0.385 e. The molecule has 1 aromatic heterocycles. The van der Waals surface area contributed by atoms with E-state index in [4.69, 9.17) is 0 Å². The molecule has 1 aromatic carbocycles. The van der Waals surface area contributed by atoms with E-state index < -0.39 is 5.60 Å². The number of Topliss-reactive ketones (excluding diaryl/α,β-unsaturated/α-hetero) is 1. The first kappa shape index (κ1) is 15.4. The normalized spacial score (nSPS) is 20.6. The standard InChI is InChI=1S/C20H22N2O2/c1-21-11-8-20(24,9-12-21)17-6-4-15(5-7-17)16-13-19(23)18-3-2-10-22(18)14-16/h2-7,10,14,24H,8-9,11-13H2,1H3. The molecule has 3 heterocycles. The number of aromatic nitrogens is 1. The van der Waals surface area contributed by atoms with Crippen molar-refractivity contribution in [3.05, 3.63) is 59.4 Å². The van der Waals surface area contributed by atoms with Crippen LogP contribution in [-0.4, -0.2) is 40.5 Å². The smallest absolute Gasteiger partial charge is 0.183 e. The Kier molecular flexibility index (Phi) is 3.66. The van der Waals surface area contributed by atoms with Crippen LogP contribution in [0.1, 0.15) is 40.9 Å². The Morgan fingerprint density at radius 3 is 2.50 bits per heavy atom. The maximum atomic E-state index is 12.2. The molecule has 4 rings (SSSR count). The molecule has 2 aliphatic heterocycles. The monoisotopic (exact) mass is 322 g/mol. The van der Waals surface area contributed by atoms with Gasteiger partial charge in [0.25, 0.3) is 0 Å². The number of piperidine rings is 1. The van der Waals surface area contributed by atoms with Gasteiger partial charge in [0.2, 0.25) is 0 Å². The predicted octanol–water partition coefficient (Wildman–Crippen LogP) is 2.99. The van der Waals surface area contributed by atoms with Crippen molar-refractivity contribution >= 4 is 17.6 Å². The molecular formula is C20H22N2O2. The number of carbonyl (C=O) groups is 1. The summed E-state index contributed by atoms with van der Waals surface area (Å²) in [6.45, 7) is 1.82. The van der Waals surface area contributed by atoms with Crippen molar-refractivity contribution in [2.75, 3.05) is 20.1 Å². The molecule has 1 fully saturated rings. The lowest BCUT2D eigenvalue weighted by atomic mass is 9.83. The fourth-order valence-corrected chi connectivity index (χ4v) is 3.67. The van der Waals surface area contributed by atoms with Crippen molar-refractivity contribution in [3.63, 3.8) is 0 Å². The van der Waals surface area contributed by atoms with E-state index in [1.165, 1.54) is 0 Å². The molecule has 1 saturated heterocycles. The van der Waals surface area contributed by atoms with E-state index in [1.807, 2.05) is 53.4 Å². The number of likely N-dealkylation sites (tertiary alicyclic amines) is 1. The van der Waals surface area contributed by atoms with E-state index in [9.17, 15) is 9.90 Å². The van der Waals surface area contributed by atoms with Crippen LogP contribution in [0.4, 0.5) is 0 Å². The van der Waals surface area contributed by atoms with E-state index >= 15 is 0 Å². The molecule has 2 aromatic rings. The van der Waals surface area contributed by atoms with Crippen LogP contribution >= 0.6 is 0 Å². The highest BCUT2D eigenvalue weighted by Crippen LogP contribution is 2.34. The van der Waals surface area contributed by atoms with Gasteiger partial charge in [-0.3, -0.25) is 4.79 Å². The topological polar surface area (TPSA) is 45.5 Å². The van der Waals surface area contributed by atoms with Crippen molar-refractivity contribution in [2.24, 2.45) is 0 Å². The van der Waals surface area contributed by atoms with Gasteiger partial charge in [-0.05, 0) is 48.7 Å². The minimum absolute atomic E-state index is 0.149. The van der Waals surface area contributed by atoms with E-state index in [2.05, 4.69) is 11.9 Å². The molecule has 0 spiro atoms. The number of benzene rings is 1. The second-order valence-corrected chi connectivity index (χ2v) is 6.97. The first-order valence-corrected chi connectivity index (χ1v) is 8.48. The fourth-order valence-electron chi connectivity index (χ4n) is 3.67. The Morgan fingerprint density at radius 2 is 1.79 bits per heavy atom. The second-order valence-electron chi connectivity index (χ2n) is 6.97. The van der Waals surface area contributed by atoms with Crippen molar-refractivity contribution in [3.8, 4) is 0 Å². The summed E-state index contributed by atoms with van der Waals surface area (Å²) in [4.78, 5) is 14.5. The van der Waals surface area contributed by atoms with Gasteiger partial charge in [0.1, 0.15) is 0 Å². The van der Waals surface area contributed by atoms with Gasteiger partial charge in [-0.15, -0.1) is 0 Å². The van der Waals surface area contributed by atoms with Crippen LogP contribution in [0.3, 0.4) is 0 Å². The molecule has 4 heteroatoms. The predicted molar refractivity (Wildman–Crippen MR) is 94.6 cm³/mol. The average molecular weight is 322 g/mol. The summed E-state index contributed by atoms with van der Waals surface area (Å²) in [6, 6.07) is 11.8. The maximum absolute atomic E-state index is 12.2. The Labute approximate surface area is 142 Å². The first-order chi connectivity index (χ1) is 11.5. The Bertz CT molecular complexity index is 793. The summed E-state index contributed by atoms with van der Waals surface area (Å²) in [5, 5.41) is 10.9. The number of ketones is 1. The zero-order valence-electron chi connectivity index (χ0n) is 13.9. The van der Waals surface area contributed by atoms with E-state index in [0.717, 1.165) is 48.3 Å². The van der Waals surface area contributed by atoms with Gasteiger partial charge in [-0.2, -0.15) is 0 Å². The van der Waals surface area contributed by atoms with Crippen LogP contribution in [0.2, 0.25) is 0 Å². The third-order valence-electron chi connectivity index (χ3n) is 5.32. The Morgan fingerprint density at radius 1 is 1.08 bits per heavy atom. The van der Waals surface area contributed by atoms with Crippen molar-refractivity contribution < 1.29 is 9.90 Å². The van der Waals surface area contributed by atoms with Crippen LogP contribution < -0.4 is 0 Å². The molecule has 0 radical (unpaired) electrons. The SMILES string of the molecule is CN1CCC(O)(c2ccc(C3=Cn4cccc4C(=O)C3)cc2)CC1. The van der Waals surface area contributed by atoms with Gasteiger partial charge in [-0.25, -0.2) is 0 Å². The maximum Gasteiger partial charge on any atom is 0.183 e. The number of aliphatic hydroxyl groups is 1. The van der Waals surface area contributed by atoms with Gasteiger partial charge < -0.3 is 14.6 Å². The molecule has 0 saturated carbocycles. The number of fused-ring (bicyclic) bond motifs is 1. The highest BCUT2D eigenvalue weighted by Gasteiger charge is 2.32. The Balaban J connectivity index is 1.60. The minimum atomic E-state index is -0.727.